The number of aromatic amines is 1. The van der Waals surface area contributed by atoms with Gasteiger partial charge in [-0.2, -0.15) is 0 Å². The maximum absolute atomic E-state index is 12.3. The normalized spacial score (nSPS) is 12.5. The molecule has 0 spiro atoms. The number of aromatic nitrogens is 1. The van der Waals surface area contributed by atoms with Gasteiger partial charge < -0.3 is 10.3 Å². The van der Waals surface area contributed by atoms with E-state index in [-0.39, 0.29) is 11.9 Å². The van der Waals surface area contributed by atoms with Crippen LogP contribution in [0.3, 0.4) is 0 Å². The molecule has 2 heterocycles. The Morgan fingerprint density at radius 3 is 2.89 bits per heavy atom. The molecule has 0 bridgehead atoms. The number of amides is 1. The Labute approximate surface area is 115 Å². The summed E-state index contributed by atoms with van der Waals surface area (Å²) in [7, 11) is 0. The van der Waals surface area contributed by atoms with Crippen LogP contribution in [0.15, 0.2) is 48.0 Å². The zero-order valence-corrected chi connectivity index (χ0v) is 11.3. The van der Waals surface area contributed by atoms with E-state index in [1.807, 2.05) is 48.7 Å². The summed E-state index contributed by atoms with van der Waals surface area (Å²) in [5.74, 6) is -0.0432. The van der Waals surface area contributed by atoms with Crippen molar-refractivity contribution in [3.8, 4) is 0 Å². The molecule has 0 radical (unpaired) electrons. The number of para-hydroxylation sites is 1. The molecule has 1 unspecified atom stereocenters. The zero-order chi connectivity index (χ0) is 13.2. The Morgan fingerprint density at radius 1 is 1.26 bits per heavy atom. The lowest BCUT2D eigenvalue weighted by Gasteiger charge is -2.11. The largest absolute Gasteiger partial charge is 0.360 e. The number of nitrogens with one attached hydrogen (secondary N) is 2. The van der Waals surface area contributed by atoms with E-state index in [0.717, 1.165) is 15.8 Å². The number of H-pyrrole nitrogens is 1. The van der Waals surface area contributed by atoms with Crippen LogP contribution in [-0.2, 0) is 0 Å². The number of benzene rings is 1. The molecular formula is C15H14N2OS. The predicted molar refractivity (Wildman–Crippen MR) is 78.5 cm³/mol. The summed E-state index contributed by atoms with van der Waals surface area (Å²) in [6.07, 6.45) is 1.77. The van der Waals surface area contributed by atoms with Crippen molar-refractivity contribution in [3.63, 3.8) is 0 Å². The average molecular weight is 270 g/mol. The number of hydrogen-bond donors (Lipinski definition) is 2. The summed E-state index contributed by atoms with van der Waals surface area (Å²) in [6, 6.07) is 11.9. The Bertz CT molecular complexity index is 700. The summed E-state index contributed by atoms with van der Waals surface area (Å²) in [4.78, 5) is 16.6. The molecule has 1 aromatic carbocycles. The number of carbonyl (C=O) groups excluding carboxylic acids is 1. The molecule has 19 heavy (non-hydrogen) atoms. The fourth-order valence-corrected chi connectivity index (χ4v) is 2.88. The third-order valence-electron chi connectivity index (χ3n) is 3.15. The molecule has 0 saturated heterocycles. The van der Waals surface area contributed by atoms with Gasteiger partial charge in [0, 0.05) is 22.0 Å². The van der Waals surface area contributed by atoms with E-state index in [2.05, 4.69) is 10.3 Å². The van der Waals surface area contributed by atoms with Gasteiger partial charge in [-0.1, -0.05) is 24.3 Å². The molecule has 0 saturated carbocycles. The number of rotatable bonds is 3. The Morgan fingerprint density at radius 2 is 2.11 bits per heavy atom. The van der Waals surface area contributed by atoms with Crippen LogP contribution < -0.4 is 5.32 Å². The van der Waals surface area contributed by atoms with E-state index in [4.69, 9.17) is 0 Å². The van der Waals surface area contributed by atoms with E-state index >= 15 is 0 Å². The monoisotopic (exact) mass is 270 g/mol. The number of hydrogen-bond acceptors (Lipinski definition) is 2. The Kier molecular flexibility index (Phi) is 3.09. The minimum absolute atomic E-state index is 0.0289. The highest BCUT2D eigenvalue weighted by Gasteiger charge is 2.15. The van der Waals surface area contributed by atoms with Crippen molar-refractivity contribution < 1.29 is 4.79 Å². The second kappa shape index (κ2) is 4.90. The highest BCUT2D eigenvalue weighted by Crippen LogP contribution is 2.21. The molecule has 2 N–H and O–H groups in total. The molecule has 0 aliphatic heterocycles. The molecule has 3 nitrogen and oxygen atoms in total. The van der Waals surface area contributed by atoms with Gasteiger partial charge in [0.15, 0.2) is 0 Å². The Balaban J connectivity index is 1.84. The lowest BCUT2D eigenvalue weighted by Crippen LogP contribution is -2.25. The van der Waals surface area contributed by atoms with Crippen LogP contribution in [0.1, 0.15) is 28.2 Å². The smallest absolute Gasteiger partial charge is 0.253 e. The lowest BCUT2D eigenvalue weighted by atomic mass is 10.1. The minimum Gasteiger partial charge on any atom is -0.360 e. The first-order valence-corrected chi connectivity index (χ1v) is 7.04. The van der Waals surface area contributed by atoms with Gasteiger partial charge in [-0.15, -0.1) is 11.3 Å². The van der Waals surface area contributed by atoms with Crippen molar-refractivity contribution in [1.82, 2.24) is 10.3 Å². The number of carbonyl (C=O) groups is 1. The molecule has 4 heteroatoms. The summed E-state index contributed by atoms with van der Waals surface area (Å²) in [5.41, 5.74) is 1.68. The van der Waals surface area contributed by atoms with Gasteiger partial charge in [-0.05, 0) is 24.4 Å². The molecule has 96 valence electrons. The van der Waals surface area contributed by atoms with Gasteiger partial charge in [0.1, 0.15) is 0 Å². The number of fused-ring (bicyclic) bond motifs is 1. The summed E-state index contributed by atoms with van der Waals surface area (Å²) in [5, 5.41) is 6.00. The molecule has 1 amide bonds. The highest BCUT2D eigenvalue weighted by atomic mass is 32.1. The first-order valence-electron chi connectivity index (χ1n) is 6.16. The van der Waals surface area contributed by atoms with Crippen molar-refractivity contribution in [2.75, 3.05) is 0 Å². The first kappa shape index (κ1) is 12.0. The van der Waals surface area contributed by atoms with E-state index in [0.29, 0.717) is 5.56 Å². The molecule has 0 aliphatic carbocycles. The van der Waals surface area contributed by atoms with Crippen LogP contribution in [0.2, 0.25) is 0 Å². The second-order valence-electron chi connectivity index (χ2n) is 4.46. The lowest BCUT2D eigenvalue weighted by molar-refractivity contribution is 0.0942. The van der Waals surface area contributed by atoms with E-state index in [1.165, 1.54) is 0 Å². The van der Waals surface area contributed by atoms with Crippen molar-refractivity contribution in [3.05, 3.63) is 58.4 Å². The van der Waals surface area contributed by atoms with Crippen LogP contribution in [0.5, 0.6) is 0 Å². The standard InChI is InChI=1S/C15H14N2OS/c1-10(14-7-4-8-19-14)17-15(18)12-9-16-13-6-3-2-5-11(12)13/h2-10,16H,1H3,(H,17,18). The van der Waals surface area contributed by atoms with Crippen molar-refractivity contribution in [2.45, 2.75) is 13.0 Å². The van der Waals surface area contributed by atoms with E-state index in [1.54, 1.807) is 17.5 Å². The highest BCUT2D eigenvalue weighted by molar-refractivity contribution is 7.10. The third kappa shape index (κ3) is 2.27. The van der Waals surface area contributed by atoms with Gasteiger partial charge >= 0.3 is 0 Å². The van der Waals surface area contributed by atoms with Crippen molar-refractivity contribution in [1.29, 1.82) is 0 Å². The van der Waals surface area contributed by atoms with E-state index < -0.39 is 0 Å². The van der Waals surface area contributed by atoms with Crippen LogP contribution in [0.4, 0.5) is 0 Å². The molecule has 3 rings (SSSR count). The molecule has 0 fully saturated rings. The zero-order valence-electron chi connectivity index (χ0n) is 10.5. The second-order valence-corrected chi connectivity index (χ2v) is 5.44. The molecule has 2 aromatic heterocycles. The van der Waals surface area contributed by atoms with Gasteiger partial charge in [-0.25, -0.2) is 0 Å². The van der Waals surface area contributed by atoms with Crippen LogP contribution in [0.25, 0.3) is 10.9 Å². The predicted octanol–water partition coefficient (Wildman–Crippen LogP) is 3.72. The maximum Gasteiger partial charge on any atom is 0.253 e. The van der Waals surface area contributed by atoms with Gasteiger partial charge in [0.25, 0.3) is 5.91 Å². The summed E-state index contributed by atoms with van der Waals surface area (Å²) in [6.45, 7) is 2.00. The minimum atomic E-state index is -0.0432. The van der Waals surface area contributed by atoms with Gasteiger partial charge in [0.05, 0.1) is 11.6 Å². The van der Waals surface area contributed by atoms with Crippen LogP contribution in [-0.4, -0.2) is 10.9 Å². The molecule has 3 aromatic rings. The quantitative estimate of drug-likeness (QED) is 0.748. The van der Waals surface area contributed by atoms with E-state index in [9.17, 15) is 4.79 Å². The van der Waals surface area contributed by atoms with Crippen molar-refractivity contribution in [2.24, 2.45) is 0 Å². The van der Waals surface area contributed by atoms with Crippen LogP contribution in [0, 0.1) is 0 Å². The fraction of sp³-hybridized carbons (Fsp3) is 0.133. The third-order valence-corrected chi connectivity index (χ3v) is 4.21. The fourth-order valence-electron chi connectivity index (χ4n) is 2.14. The topological polar surface area (TPSA) is 44.9 Å². The molecular weight excluding hydrogens is 256 g/mol. The summed E-state index contributed by atoms with van der Waals surface area (Å²) < 4.78 is 0. The van der Waals surface area contributed by atoms with Gasteiger partial charge in [0.2, 0.25) is 0 Å². The first-order chi connectivity index (χ1) is 9.25. The average Bonchev–Trinajstić information content (AvgIpc) is 3.08. The number of thiophene rings is 1. The SMILES string of the molecule is CC(NC(=O)c1c[nH]c2ccccc12)c1cccs1. The summed E-state index contributed by atoms with van der Waals surface area (Å²) >= 11 is 1.65. The Hall–Kier alpha value is -2.07. The maximum atomic E-state index is 12.3. The van der Waals surface area contributed by atoms with Gasteiger partial charge in [-0.3, -0.25) is 4.79 Å². The van der Waals surface area contributed by atoms with Crippen molar-refractivity contribution >= 4 is 28.1 Å². The van der Waals surface area contributed by atoms with Crippen LogP contribution >= 0.6 is 11.3 Å². The molecule has 0 aliphatic rings. The molecule has 1 atom stereocenters.